The highest BCUT2D eigenvalue weighted by Crippen LogP contribution is 2.69. The van der Waals surface area contributed by atoms with E-state index in [0.29, 0.717) is 10.7 Å². The summed E-state index contributed by atoms with van der Waals surface area (Å²) in [6.45, 7) is 0.0843. The monoisotopic (exact) mass is 587 g/mol. The maximum absolute atomic E-state index is 14.1. The van der Waals surface area contributed by atoms with Gasteiger partial charge in [0, 0.05) is 5.02 Å². The number of nitrogens with zero attached hydrogens (tertiary/aromatic N) is 1. The molecular formula is C32H20Cl3NO4. The molecule has 1 heterocycles. The summed E-state index contributed by atoms with van der Waals surface area (Å²) in [7, 11) is 0. The summed E-state index contributed by atoms with van der Waals surface area (Å²) in [6, 6.07) is 28.2. The van der Waals surface area contributed by atoms with E-state index in [0.717, 1.165) is 32.7 Å². The summed E-state index contributed by atoms with van der Waals surface area (Å²) in [5.41, 5.74) is 4.40. The van der Waals surface area contributed by atoms with Gasteiger partial charge in [-0.3, -0.25) is 9.59 Å². The van der Waals surface area contributed by atoms with Gasteiger partial charge < -0.3 is 4.74 Å². The molecule has 198 valence electrons. The van der Waals surface area contributed by atoms with Crippen LogP contribution in [0.15, 0.2) is 97.1 Å². The Morgan fingerprint density at radius 1 is 0.700 bits per heavy atom. The molecule has 1 saturated heterocycles. The van der Waals surface area contributed by atoms with Gasteiger partial charge in [-0.05, 0) is 64.2 Å². The first-order chi connectivity index (χ1) is 19.3. The van der Waals surface area contributed by atoms with Crippen molar-refractivity contribution < 1.29 is 19.1 Å². The third-order valence-electron chi connectivity index (χ3n) is 8.23. The van der Waals surface area contributed by atoms with Crippen LogP contribution in [0.4, 0.5) is 5.69 Å². The summed E-state index contributed by atoms with van der Waals surface area (Å²) in [5.74, 6) is -3.16. The Bertz CT molecular complexity index is 1600. The van der Waals surface area contributed by atoms with Crippen molar-refractivity contribution in [3.8, 4) is 0 Å². The number of benzene rings is 4. The molecule has 0 unspecified atom stereocenters. The van der Waals surface area contributed by atoms with Gasteiger partial charge in [0.05, 0.1) is 23.1 Å². The smallest absolute Gasteiger partial charge is 0.338 e. The average Bonchev–Trinajstić information content (AvgIpc) is 3.26. The summed E-state index contributed by atoms with van der Waals surface area (Å²) in [5, 5.41) is 0.595. The predicted molar refractivity (Wildman–Crippen MR) is 153 cm³/mol. The molecule has 5 nitrogen and oxygen atoms in total. The van der Waals surface area contributed by atoms with Gasteiger partial charge in [0.15, 0.2) is 0 Å². The van der Waals surface area contributed by atoms with Gasteiger partial charge in [-0.2, -0.15) is 0 Å². The Morgan fingerprint density at radius 3 is 1.60 bits per heavy atom. The minimum atomic E-state index is -1.25. The van der Waals surface area contributed by atoms with Gasteiger partial charge in [-0.15, -0.1) is 23.2 Å². The Balaban J connectivity index is 1.22. The normalized spacial score (nSPS) is 25.8. The highest BCUT2D eigenvalue weighted by Gasteiger charge is 2.73. The molecule has 0 spiro atoms. The third kappa shape index (κ3) is 3.32. The highest BCUT2D eigenvalue weighted by molar-refractivity contribution is 6.38. The largest absolute Gasteiger partial charge is 0.457 e. The molecule has 40 heavy (non-hydrogen) atoms. The molecule has 0 N–H and O–H groups in total. The molecule has 2 bridgehead atoms. The molecule has 0 saturated carbocycles. The van der Waals surface area contributed by atoms with Crippen molar-refractivity contribution in [3.63, 3.8) is 0 Å². The average molecular weight is 589 g/mol. The topological polar surface area (TPSA) is 63.7 Å². The first kappa shape index (κ1) is 25.3. The van der Waals surface area contributed by atoms with Crippen molar-refractivity contribution in [2.24, 2.45) is 11.8 Å². The van der Waals surface area contributed by atoms with Crippen LogP contribution in [0, 0.1) is 11.8 Å². The number of esters is 1. The molecule has 0 aromatic heterocycles. The maximum Gasteiger partial charge on any atom is 0.338 e. The quantitative estimate of drug-likeness (QED) is 0.150. The lowest BCUT2D eigenvalue weighted by atomic mass is 9.54. The van der Waals surface area contributed by atoms with E-state index in [-0.39, 0.29) is 12.2 Å². The molecule has 4 aromatic carbocycles. The Kier molecular flexibility index (Phi) is 5.66. The number of amides is 2. The number of anilines is 1. The lowest BCUT2D eigenvalue weighted by Crippen LogP contribution is -2.57. The van der Waals surface area contributed by atoms with Crippen LogP contribution in [-0.2, 0) is 30.7 Å². The Morgan fingerprint density at radius 2 is 1.15 bits per heavy atom. The van der Waals surface area contributed by atoms with E-state index in [9.17, 15) is 14.4 Å². The molecule has 1 fully saturated rings. The van der Waals surface area contributed by atoms with Crippen LogP contribution >= 0.6 is 34.8 Å². The molecule has 0 radical (unpaired) electrons. The number of carbonyl (C=O) groups excluding carboxylic acids is 3. The fraction of sp³-hybridized carbons (Fsp3) is 0.156. The van der Waals surface area contributed by atoms with Crippen LogP contribution in [0.5, 0.6) is 0 Å². The second kappa shape index (κ2) is 8.93. The summed E-state index contributed by atoms with van der Waals surface area (Å²) in [6.07, 6.45) is 0. The number of ether oxygens (including phenoxy) is 1. The van der Waals surface area contributed by atoms with Crippen LogP contribution in [0.2, 0.25) is 5.02 Å². The maximum atomic E-state index is 14.1. The summed E-state index contributed by atoms with van der Waals surface area (Å²) in [4.78, 5) is 39.5. The van der Waals surface area contributed by atoms with E-state index in [1.165, 1.54) is 12.1 Å². The fourth-order valence-corrected chi connectivity index (χ4v) is 7.70. The van der Waals surface area contributed by atoms with Crippen LogP contribution in [0.25, 0.3) is 0 Å². The van der Waals surface area contributed by atoms with Crippen molar-refractivity contribution >= 4 is 58.3 Å². The Hall–Kier alpha value is -3.64. The van der Waals surface area contributed by atoms with Crippen LogP contribution < -0.4 is 4.90 Å². The van der Waals surface area contributed by atoms with Crippen molar-refractivity contribution in [1.82, 2.24) is 0 Å². The SMILES string of the molecule is O=C(OCc1ccc(Cl)cc1)c1ccc(N2C(=O)[C@@H]3[C@H](C2=O)C2(Cl)c4ccccc4C3(Cl)c3ccccc32)cc1. The zero-order chi connectivity index (χ0) is 27.8. The number of alkyl halides is 2. The van der Waals surface area contributed by atoms with E-state index >= 15 is 0 Å². The van der Waals surface area contributed by atoms with E-state index in [2.05, 4.69) is 0 Å². The standard InChI is InChI=1S/C32H20Cl3NO4/c33-20-13-9-18(10-14-20)17-40-30(39)19-11-15-21(16-12-19)36-28(37)26-27(29(36)38)32(35)23-6-2-1-5-22(23)31(26,34)24-7-3-4-8-25(24)32/h1-16,26-27H,17H2/t26-,27+,31?,32?. The van der Waals surface area contributed by atoms with E-state index in [1.54, 1.807) is 36.4 Å². The zero-order valence-electron chi connectivity index (χ0n) is 20.8. The fourth-order valence-electron chi connectivity index (χ4n) is 6.48. The molecule has 2 atom stereocenters. The number of imide groups is 1. The molecule has 1 aliphatic heterocycles. The minimum absolute atomic E-state index is 0.0843. The van der Waals surface area contributed by atoms with E-state index in [1.807, 2.05) is 48.5 Å². The minimum Gasteiger partial charge on any atom is -0.457 e. The predicted octanol–water partition coefficient (Wildman–Crippen LogP) is 6.79. The van der Waals surface area contributed by atoms with Gasteiger partial charge in [0.1, 0.15) is 16.4 Å². The molecule has 4 aliphatic rings. The molecule has 2 amide bonds. The van der Waals surface area contributed by atoms with Crippen LogP contribution in [0.1, 0.15) is 38.2 Å². The lowest BCUT2D eigenvalue weighted by Gasteiger charge is -2.54. The number of halogens is 3. The molecule has 8 rings (SSSR count). The van der Waals surface area contributed by atoms with Gasteiger partial charge in [0.25, 0.3) is 0 Å². The van der Waals surface area contributed by atoms with Crippen molar-refractivity contribution in [2.45, 2.75) is 16.4 Å². The van der Waals surface area contributed by atoms with Gasteiger partial charge >= 0.3 is 5.97 Å². The van der Waals surface area contributed by atoms with Crippen molar-refractivity contribution in [3.05, 3.63) is 135 Å². The highest BCUT2D eigenvalue weighted by atomic mass is 35.5. The number of carbonyl (C=O) groups is 3. The van der Waals surface area contributed by atoms with Gasteiger partial charge in [0.2, 0.25) is 11.8 Å². The van der Waals surface area contributed by atoms with E-state index in [4.69, 9.17) is 39.5 Å². The first-order valence-corrected chi connectivity index (χ1v) is 13.9. The second-order valence-corrected chi connectivity index (χ2v) is 11.9. The van der Waals surface area contributed by atoms with Crippen molar-refractivity contribution in [1.29, 1.82) is 0 Å². The van der Waals surface area contributed by atoms with E-state index < -0.39 is 39.4 Å². The number of hydrogen-bond donors (Lipinski definition) is 0. The van der Waals surface area contributed by atoms with Gasteiger partial charge in [-0.1, -0.05) is 72.3 Å². The van der Waals surface area contributed by atoms with Crippen molar-refractivity contribution in [2.75, 3.05) is 4.90 Å². The molecule has 8 heteroatoms. The van der Waals surface area contributed by atoms with Crippen LogP contribution in [0.3, 0.4) is 0 Å². The zero-order valence-corrected chi connectivity index (χ0v) is 23.1. The van der Waals surface area contributed by atoms with Gasteiger partial charge in [-0.25, -0.2) is 9.69 Å². The van der Waals surface area contributed by atoms with Crippen LogP contribution in [-0.4, -0.2) is 17.8 Å². The molecule has 4 aromatic rings. The second-order valence-electron chi connectivity index (χ2n) is 10.2. The molecule has 3 aliphatic carbocycles. The number of hydrogen-bond acceptors (Lipinski definition) is 4. The lowest BCUT2D eigenvalue weighted by molar-refractivity contribution is -0.122. The summed E-state index contributed by atoms with van der Waals surface area (Å²) >= 11 is 20.8. The Labute approximate surface area is 245 Å². The molecular weight excluding hydrogens is 569 g/mol. The first-order valence-electron chi connectivity index (χ1n) is 12.7. The summed E-state index contributed by atoms with van der Waals surface area (Å²) < 4.78 is 5.41. The number of rotatable bonds is 4. The third-order valence-corrected chi connectivity index (χ3v) is 9.77.